The highest BCUT2D eigenvalue weighted by Crippen LogP contribution is 2.29. The van der Waals surface area contributed by atoms with Crippen LogP contribution in [0.2, 0.25) is 0 Å². The number of nitrogens with zero attached hydrogens (tertiary/aromatic N) is 2. The predicted molar refractivity (Wildman–Crippen MR) is 77.4 cm³/mol. The average molecular weight is 290 g/mol. The van der Waals surface area contributed by atoms with Crippen molar-refractivity contribution in [3.05, 3.63) is 29.3 Å². The molecule has 0 saturated heterocycles. The molecule has 1 aliphatic rings. The minimum absolute atomic E-state index is 0.00796. The summed E-state index contributed by atoms with van der Waals surface area (Å²) in [6.45, 7) is 2.33. The fraction of sp³-hybridized carbons (Fsp3) is 0.400. The van der Waals surface area contributed by atoms with E-state index in [0.717, 1.165) is 17.7 Å². The highest BCUT2D eigenvalue weighted by Gasteiger charge is 2.23. The number of anilines is 1. The molecule has 0 fully saturated rings. The van der Waals surface area contributed by atoms with Gasteiger partial charge in [-0.15, -0.1) is 0 Å². The first-order valence-corrected chi connectivity index (χ1v) is 6.78. The maximum absolute atomic E-state index is 12.2. The maximum atomic E-state index is 12.2. The minimum atomic E-state index is -0.930. The van der Waals surface area contributed by atoms with Crippen LogP contribution in [0.1, 0.15) is 29.3 Å². The van der Waals surface area contributed by atoms with Crippen molar-refractivity contribution in [3.8, 4) is 0 Å². The zero-order chi connectivity index (χ0) is 15.6. The largest absolute Gasteiger partial charge is 0.481 e. The SMILES string of the molecule is CC(=O)N1CCc2cc(C(=O)N(C)CCC(=O)O)ccc21. The van der Waals surface area contributed by atoms with Gasteiger partial charge in [-0.05, 0) is 30.2 Å². The predicted octanol–water partition coefficient (Wildman–Crippen LogP) is 1.14. The quantitative estimate of drug-likeness (QED) is 0.902. The number of carboxylic acids is 1. The molecule has 0 radical (unpaired) electrons. The van der Waals surface area contributed by atoms with E-state index in [1.54, 1.807) is 30.1 Å². The van der Waals surface area contributed by atoms with Crippen molar-refractivity contribution in [2.24, 2.45) is 0 Å². The van der Waals surface area contributed by atoms with Crippen molar-refractivity contribution in [2.75, 3.05) is 25.0 Å². The Morgan fingerprint density at radius 2 is 2.05 bits per heavy atom. The topological polar surface area (TPSA) is 77.9 Å². The molecule has 0 unspecified atom stereocenters. The van der Waals surface area contributed by atoms with Gasteiger partial charge in [-0.3, -0.25) is 14.4 Å². The number of carbonyl (C=O) groups excluding carboxylic acids is 2. The Bertz CT molecular complexity index is 597. The standard InChI is InChI=1S/C15H18N2O4/c1-10(18)17-8-5-11-9-12(3-4-13(11)17)15(21)16(2)7-6-14(19)20/h3-4,9H,5-8H2,1-2H3,(H,19,20). The normalized spacial score (nSPS) is 13.0. The molecule has 112 valence electrons. The number of benzene rings is 1. The van der Waals surface area contributed by atoms with Gasteiger partial charge in [0.25, 0.3) is 5.91 Å². The average Bonchev–Trinajstić information content (AvgIpc) is 2.86. The summed E-state index contributed by atoms with van der Waals surface area (Å²) < 4.78 is 0. The molecule has 1 N–H and O–H groups in total. The molecule has 0 spiro atoms. The third kappa shape index (κ3) is 3.21. The molecule has 0 aliphatic carbocycles. The van der Waals surface area contributed by atoms with Crippen LogP contribution in [0.5, 0.6) is 0 Å². The Hall–Kier alpha value is -2.37. The molecule has 0 saturated carbocycles. The van der Waals surface area contributed by atoms with Gasteiger partial charge in [-0.1, -0.05) is 0 Å². The van der Waals surface area contributed by atoms with Gasteiger partial charge in [-0.25, -0.2) is 0 Å². The van der Waals surface area contributed by atoms with Crippen LogP contribution in [0.15, 0.2) is 18.2 Å². The van der Waals surface area contributed by atoms with Crippen LogP contribution in [0.4, 0.5) is 5.69 Å². The number of amides is 2. The number of rotatable bonds is 4. The molecule has 1 aromatic carbocycles. The van der Waals surface area contributed by atoms with E-state index < -0.39 is 5.97 Å². The van der Waals surface area contributed by atoms with Crippen molar-refractivity contribution in [1.29, 1.82) is 0 Å². The lowest BCUT2D eigenvalue weighted by atomic mass is 10.1. The van der Waals surface area contributed by atoms with Gasteiger partial charge in [0.15, 0.2) is 0 Å². The number of aliphatic carboxylic acids is 1. The van der Waals surface area contributed by atoms with Crippen LogP contribution in [0.25, 0.3) is 0 Å². The van der Waals surface area contributed by atoms with Gasteiger partial charge in [0.1, 0.15) is 0 Å². The molecule has 1 heterocycles. The lowest BCUT2D eigenvalue weighted by Crippen LogP contribution is -2.29. The molecule has 0 atom stereocenters. The maximum Gasteiger partial charge on any atom is 0.305 e. The van der Waals surface area contributed by atoms with Crippen molar-refractivity contribution in [1.82, 2.24) is 4.90 Å². The van der Waals surface area contributed by atoms with Crippen molar-refractivity contribution < 1.29 is 19.5 Å². The monoisotopic (exact) mass is 290 g/mol. The summed E-state index contributed by atoms with van der Waals surface area (Å²) in [5, 5.41) is 8.65. The molecule has 21 heavy (non-hydrogen) atoms. The van der Waals surface area contributed by atoms with Crippen LogP contribution < -0.4 is 4.90 Å². The van der Waals surface area contributed by atoms with E-state index in [9.17, 15) is 14.4 Å². The Morgan fingerprint density at radius 3 is 2.67 bits per heavy atom. The number of carbonyl (C=O) groups is 3. The number of hydrogen-bond donors (Lipinski definition) is 1. The zero-order valence-electron chi connectivity index (χ0n) is 12.1. The van der Waals surface area contributed by atoms with Gasteiger partial charge in [-0.2, -0.15) is 0 Å². The molecule has 6 heteroatoms. The van der Waals surface area contributed by atoms with E-state index in [4.69, 9.17) is 5.11 Å². The third-order valence-corrected chi connectivity index (χ3v) is 3.61. The lowest BCUT2D eigenvalue weighted by molar-refractivity contribution is -0.137. The molecule has 6 nitrogen and oxygen atoms in total. The summed E-state index contributed by atoms with van der Waals surface area (Å²) in [6, 6.07) is 5.25. The van der Waals surface area contributed by atoms with Gasteiger partial charge >= 0.3 is 5.97 Å². The first-order valence-electron chi connectivity index (χ1n) is 6.78. The lowest BCUT2D eigenvalue weighted by Gasteiger charge is -2.18. The molecule has 2 rings (SSSR count). The second kappa shape index (κ2) is 5.95. The van der Waals surface area contributed by atoms with Gasteiger partial charge < -0.3 is 14.9 Å². The van der Waals surface area contributed by atoms with E-state index in [2.05, 4.69) is 0 Å². The second-order valence-electron chi connectivity index (χ2n) is 5.13. The first kappa shape index (κ1) is 15.0. The van der Waals surface area contributed by atoms with E-state index in [-0.39, 0.29) is 24.8 Å². The van der Waals surface area contributed by atoms with Crippen LogP contribution in [0.3, 0.4) is 0 Å². The van der Waals surface area contributed by atoms with Crippen LogP contribution >= 0.6 is 0 Å². The van der Waals surface area contributed by atoms with E-state index >= 15 is 0 Å². The van der Waals surface area contributed by atoms with Crippen molar-refractivity contribution in [3.63, 3.8) is 0 Å². The third-order valence-electron chi connectivity index (χ3n) is 3.61. The van der Waals surface area contributed by atoms with E-state index in [1.807, 2.05) is 0 Å². The van der Waals surface area contributed by atoms with Gasteiger partial charge in [0, 0.05) is 38.3 Å². The summed E-state index contributed by atoms with van der Waals surface area (Å²) in [5.74, 6) is -1.15. The summed E-state index contributed by atoms with van der Waals surface area (Å²) in [5.41, 5.74) is 2.35. The second-order valence-corrected chi connectivity index (χ2v) is 5.13. The first-order chi connectivity index (χ1) is 9.90. The zero-order valence-corrected chi connectivity index (χ0v) is 12.1. The fourth-order valence-electron chi connectivity index (χ4n) is 2.45. The van der Waals surface area contributed by atoms with Crippen molar-refractivity contribution in [2.45, 2.75) is 19.8 Å². The van der Waals surface area contributed by atoms with Crippen LogP contribution in [0, 0.1) is 0 Å². The Balaban J connectivity index is 2.14. The molecule has 0 aromatic heterocycles. The highest BCUT2D eigenvalue weighted by atomic mass is 16.4. The van der Waals surface area contributed by atoms with E-state index in [1.165, 1.54) is 11.8 Å². The summed E-state index contributed by atoms with van der Waals surface area (Å²) in [7, 11) is 1.58. The highest BCUT2D eigenvalue weighted by molar-refractivity contribution is 5.97. The number of fused-ring (bicyclic) bond motifs is 1. The van der Waals surface area contributed by atoms with Gasteiger partial charge in [0.2, 0.25) is 5.91 Å². The number of hydrogen-bond acceptors (Lipinski definition) is 3. The summed E-state index contributed by atoms with van der Waals surface area (Å²) >= 11 is 0. The minimum Gasteiger partial charge on any atom is -0.481 e. The molecule has 1 aliphatic heterocycles. The molecular weight excluding hydrogens is 272 g/mol. The van der Waals surface area contributed by atoms with Crippen molar-refractivity contribution >= 4 is 23.5 Å². The smallest absolute Gasteiger partial charge is 0.305 e. The number of carboxylic acid groups (broad SMARTS) is 1. The Labute approximate surface area is 123 Å². The summed E-state index contributed by atoms with van der Waals surface area (Å²) in [6.07, 6.45) is 0.653. The fourth-order valence-corrected chi connectivity index (χ4v) is 2.45. The van der Waals surface area contributed by atoms with Crippen LogP contribution in [-0.4, -0.2) is 47.9 Å². The Morgan fingerprint density at radius 1 is 1.33 bits per heavy atom. The summed E-state index contributed by atoms with van der Waals surface area (Å²) in [4.78, 5) is 37.3. The Kier molecular flexibility index (Phi) is 4.26. The van der Waals surface area contributed by atoms with E-state index in [0.29, 0.717) is 12.1 Å². The molecule has 2 amide bonds. The molecular formula is C15H18N2O4. The van der Waals surface area contributed by atoms with Gasteiger partial charge in [0.05, 0.1) is 6.42 Å². The molecule has 1 aromatic rings. The molecule has 0 bridgehead atoms. The van der Waals surface area contributed by atoms with Crippen LogP contribution in [-0.2, 0) is 16.0 Å².